The molecular weight excluding hydrogens is 209 g/mol. The van der Waals surface area contributed by atoms with E-state index in [0.717, 1.165) is 0 Å². The molecule has 0 saturated heterocycles. The monoisotopic (exact) mass is 219 g/mol. The second kappa shape index (κ2) is 4.06. The van der Waals surface area contributed by atoms with Crippen molar-refractivity contribution in [3.05, 3.63) is 42.2 Å². The summed E-state index contributed by atoms with van der Waals surface area (Å²) in [6.07, 6.45) is 0. The Kier molecular flexibility index (Phi) is 2.59. The van der Waals surface area contributed by atoms with Crippen LogP contribution in [0.5, 0.6) is 5.88 Å². The van der Waals surface area contributed by atoms with Gasteiger partial charge in [-0.3, -0.25) is 0 Å². The Balaban J connectivity index is 2.34. The number of nitrogens with zero attached hydrogens (tertiary/aromatic N) is 1. The van der Waals surface area contributed by atoms with Gasteiger partial charge in [-0.2, -0.15) is 4.98 Å². The number of anilines is 3. The van der Waals surface area contributed by atoms with E-state index in [9.17, 15) is 9.50 Å². The number of benzene rings is 1. The number of aromatic hydroxyl groups is 1. The second-order valence-electron chi connectivity index (χ2n) is 3.21. The molecule has 82 valence electrons. The minimum Gasteiger partial charge on any atom is -0.493 e. The van der Waals surface area contributed by atoms with E-state index in [1.807, 2.05) is 0 Å². The average molecular weight is 219 g/mol. The third-order valence-corrected chi connectivity index (χ3v) is 2.04. The first-order valence-corrected chi connectivity index (χ1v) is 4.64. The highest BCUT2D eigenvalue weighted by Gasteiger charge is 2.05. The number of pyridine rings is 1. The van der Waals surface area contributed by atoms with Gasteiger partial charge in [-0.15, -0.1) is 0 Å². The summed E-state index contributed by atoms with van der Waals surface area (Å²) >= 11 is 0. The van der Waals surface area contributed by atoms with Gasteiger partial charge in [0.2, 0.25) is 5.88 Å². The molecule has 1 aromatic heterocycles. The first-order chi connectivity index (χ1) is 7.66. The Morgan fingerprint density at radius 3 is 2.69 bits per heavy atom. The molecule has 5 heteroatoms. The zero-order valence-electron chi connectivity index (χ0n) is 8.31. The number of hydrogen-bond acceptors (Lipinski definition) is 4. The van der Waals surface area contributed by atoms with Gasteiger partial charge in [-0.25, -0.2) is 4.39 Å². The molecule has 0 bridgehead atoms. The number of aromatic nitrogens is 1. The summed E-state index contributed by atoms with van der Waals surface area (Å²) in [5.41, 5.74) is 6.22. The average Bonchev–Trinajstić information content (AvgIpc) is 2.27. The quantitative estimate of drug-likeness (QED) is 0.724. The van der Waals surface area contributed by atoms with Crippen LogP contribution in [-0.2, 0) is 0 Å². The lowest BCUT2D eigenvalue weighted by Gasteiger charge is -2.08. The first-order valence-electron chi connectivity index (χ1n) is 4.64. The van der Waals surface area contributed by atoms with Crippen LogP contribution in [0.1, 0.15) is 0 Å². The maximum Gasteiger partial charge on any atom is 0.212 e. The van der Waals surface area contributed by atoms with Crippen molar-refractivity contribution in [3.8, 4) is 5.88 Å². The van der Waals surface area contributed by atoms with Crippen molar-refractivity contribution in [1.29, 1.82) is 0 Å². The molecule has 0 aliphatic carbocycles. The molecular formula is C11H10FN3O. The van der Waals surface area contributed by atoms with Gasteiger partial charge >= 0.3 is 0 Å². The molecule has 0 fully saturated rings. The fourth-order valence-corrected chi connectivity index (χ4v) is 1.25. The van der Waals surface area contributed by atoms with Crippen LogP contribution < -0.4 is 11.1 Å². The van der Waals surface area contributed by atoms with Crippen LogP contribution >= 0.6 is 0 Å². The Morgan fingerprint density at radius 2 is 1.94 bits per heavy atom. The summed E-state index contributed by atoms with van der Waals surface area (Å²) in [6.45, 7) is 0. The van der Waals surface area contributed by atoms with Crippen molar-refractivity contribution in [2.75, 3.05) is 11.1 Å². The predicted molar refractivity (Wildman–Crippen MR) is 60.0 cm³/mol. The van der Waals surface area contributed by atoms with Crippen LogP contribution in [0.4, 0.5) is 21.6 Å². The molecule has 0 unspecified atom stereocenters. The van der Waals surface area contributed by atoms with E-state index >= 15 is 0 Å². The molecule has 0 radical (unpaired) electrons. The van der Waals surface area contributed by atoms with Gasteiger partial charge in [-0.1, -0.05) is 12.1 Å². The molecule has 4 N–H and O–H groups in total. The lowest BCUT2D eigenvalue weighted by atomic mass is 10.3. The van der Waals surface area contributed by atoms with Gasteiger partial charge in [0.25, 0.3) is 0 Å². The number of rotatable bonds is 2. The zero-order chi connectivity index (χ0) is 11.5. The Labute approximate surface area is 91.6 Å². The molecule has 0 amide bonds. The summed E-state index contributed by atoms with van der Waals surface area (Å²) in [5.74, 6) is -0.356. The van der Waals surface area contributed by atoms with Gasteiger partial charge in [0.15, 0.2) is 5.82 Å². The van der Waals surface area contributed by atoms with Gasteiger partial charge in [0.05, 0.1) is 11.4 Å². The van der Waals surface area contributed by atoms with Crippen molar-refractivity contribution in [3.63, 3.8) is 0 Å². The first kappa shape index (κ1) is 10.2. The summed E-state index contributed by atoms with van der Waals surface area (Å²) < 4.78 is 13.3. The maximum atomic E-state index is 13.3. The molecule has 2 rings (SSSR count). The van der Waals surface area contributed by atoms with Crippen LogP contribution in [-0.4, -0.2) is 10.1 Å². The number of halogens is 1. The number of para-hydroxylation sites is 1. The van der Waals surface area contributed by atoms with Crippen LogP contribution in [0, 0.1) is 5.82 Å². The highest BCUT2D eigenvalue weighted by atomic mass is 19.1. The molecule has 1 aromatic carbocycles. The fourth-order valence-electron chi connectivity index (χ4n) is 1.25. The maximum absolute atomic E-state index is 13.3. The Morgan fingerprint density at radius 1 is 1.19 bits per heavy atom. The Bertz CT molecular complexity index is 516. The summed E-state index contributed by atoms with van der Waals surface area (Å²) in [4.78, 5) is 3.76. The smallest absolute Gasteiger partial charge is 0.212 e. The number of nitrogens with two attached hydrogens (primary N) is 1. The molecule has 0 saturated carbocycles. The largest absolute Gasteiger partial charge is 0.493 e. The highest BCUT2D eigenvalue weighted by Crippen LogP contribution is 2.24. The minimum absolute atomic E-state index is 0.173. The Hall–Kier alpha value is -2.30. The van der Waals surface area contributed by atoms with Crippen molar-refractivity contribution in [2.24, 2.45) is 0 Å². The summed E-state index contributed by atoms with van der Waals surface area (Å²) in [5, 5.41) is 11.9. The van der Waals surface area contributed by atoms with E-state index < -0.39 is 5.82 Å². The van der Waals surface area contributed by atoms with Gasteiger partial charge in [0, 0.05) is 6.07 Å². The number of nitrogen functional groups attached to an aromatic ring is 1. The zero-order valence-corrected chi connectivity index (χ0v) is 8.31. The van der Waals surface area contributed by atoms with Crippen molar-refractivity contribution >= 4 is 17.2 Å². The highest BCUT2D eigenvalue weighted by molar-refractivity contribution is 5.69. The standard InChI is InChI=1S/C11H10FN3O/c12-7-3-1-2-4-9(7)14-11-8(13)5-6-10(16)15-11/h1-6H,13H2,(H2,14,15,16). The third kappa shape index (κ3) is 2.03. The fraction of sp³-hybridized carbons (Fsp3) is 0. The molecule has 0 aliphatic heterocycles. The van der Waals surface area contributed by atoms with Crippen molar-refractivity contribution in [1.82, 2.24) is 4.98 Å². The summed E-state index contributed by atoms with van der Waals surface area (Å²) in [7, 11) is 0. The lowest BCUT2D eigenvalue weighted by Crippen LogP contribution is -2.00. The van der Waals surface area contributed by atoms with E-state index in [2.05, 4.69) is 10.3 Å². The molecule has 4 nitrogen and oxygen atoms in total. The molecule has 2 aromatic rings. The van der Waals surface area contributed by atoms with Crippen LogP contribution in [0.2, 0.25) is 0 Å². The molecule has 0 spiro atoms. The van der Waals surface area contributed by atoms with E-state index in [1.165, 1.54) is 18.2 Å². The normalized spacial score (nSPS) is 10.1. The van der Waals surface area contributed by atoms with Crippen molar-refractivity contribution < 1.29 is 9.50 Å². The predicted octanol–water partition coefficient (Wildman–Crippen LogP) is 2.25. The van der Waals surface area contributed by atoms with E-state index in [4.69, 9.17) is 5.73 Å². The molecule has 0 atom stereocenters. The second-order valence-corrected chi connectivity index (χ2v) is 3.21. The minimum atomic E-state index is -0.410. The van der Waals surface area contributed by atoms with Crippen LogP contribution in [0.15, 0.2) is 36.4 Å². The lowest BCUT2D eigenvalue weighted by molar-refractivity contribution is 0.454. The van der Waals surface area contributed by atoms with E-state index in [1.54, 1.807) is 18.2 Å². The topological polar surface area (TPSA) is 71.2 Å². The molecule has 0 aliphatic rings. The number of nitrogens with one attached hydrogen (secondary N) is 1. The SMILES string of the molecule is Nc1ccc(O)nc1Nc1ccccc1F. The van der Waals surface area contributed by atoms with Gasteiger partial charge in [-0.05, 0) is 18.2 Å². The van der Waals surface area contributed by atoms with E-state index in [-0.39, 0.29) is 17.4 Å². The van der Waals surface area contributed by atoms with Gasteiger partial charge in [0.1, 0.15) is 5.82 Å². The van der Waals surface area contributed by atoms with Crippen molar-refractivity contribution in [2.45, 2.75) is 0 Å². The van der Waals surface area contributed by atoms with Gasteiger partial charge < -0.3 is 16.2 Å². The summed E-state index contributed by atoms with van der Waals surface area (Å²) in [6, 6.07) is 9.00. The van der Waals surface area contributed by atoms with E-state index in [0.29, 0.717) is 5.69 Å². The van der Waals surface area contributed by atoms with Crippen LogP contribution in [0.25, 0.3) is 0 Å². The third-order valence-electron chi connectivity index (χ3n) is 2.04. The molecule has 1 heterocycles. The molecule has 16 heavy (non-hydrogen) atoms. The van der Waals surface area contributed by atoms with Crippen LogP contribution in [0.3, 0.4) is 0 Å². The number of hydrogen-bond donors (Lipinski definition) is 3.